The molecule has 0 aliphatic carbocycles. The lowest BCUT2D eigenvalue weighted by Crippen LogP contribution is -2.28. The molecule has 7 heteroatoms. The third kappa shape index (κ3) is 5.40. The highest BCUT2D eigenvalue weighted by Crippen LogP contribution is 2.08. The molecule has 0 radical (unpaired) electrons. The van der Waals surface area contributed by atoms with Gasteiger partial charge in [-0.3, -0.25) is 9.69 Å². The van der Waals surface area contributed by atoms with Gasteiger partial charge < -0.3 is 14.5 Å². The van der Waals surface area contributed by atoms with Crippen molar-refractivity contribution in [2.75, 3.05) is 33.3 Å². The maximum Gasteiger partial charge on any atom is 0.227 e. The molecule has 0 bridgehead atoms. The molecule has 0 amide bonds. The van der Waals surface area contributed by atoms with Gasteiger partial charge in [0, 0.05) is 19.2 Å². The quantitative estimate of drug-likeness (QED) is 0.911. The van der Waals surface area contributed by atoms with Crippen LogP contribution in [0.15, 0.2) is 21.5 Å². The van der Waals surface area contributed by atoms with Gasteiger partial charge in [0.05, 0.1) is 13.7 Å². The van der Waals surface area contributed by atoms with E-state index in [1.54, 1.807) is 0 Å². The zero-order valence-corrected chi connectivity index (χ0v) is 12.5. The first-order chi connectivity index (χ1) is 8.29. The third-order valence-corrected chi connectivity index (χ3v) is 2.88. The Morgan fingerprint density at radius 1 is 1.37 bits per heavy atom. The van der Waals surface area contributed by atoms with Crippen molar-refractivity contribution < 1.29 is 9.15 Å². The van der Waals surface area contributed by atoms with Gasteiger partial charge in [-0.1, -0.05) is 0 Å². The summed E-state index contributed by atoms with van der Waals surface area (Å²) in [6.07, 6.45) is 2.51. The number of nitrogens with zero attached hydrogens (tertiary/aromatic N) is 1. The van der Waals surface area contributed by atoms with E-state index in [-0.39, 0.29) is 36.0 Å². The molecule has 1 fully saturated rings. The summed E-state index contributed by atoms with van der Waals surface area (Å²) in [5.74, 6) is 0.948. The summed E-state index contributed by atoms with van der Waals surface area (Å²) in [7, 11) is 1.46. The summed E-state index contributed by atoms with van der Waals surface area (Å²) < 4.78 is 10.3. The van der Waals surface area contributed by atoms with Crippen LogP contribution in [0.3, 0.4) is 0 Å². The van der Waals surface area contributed by atoms with Crippen molar-refractivity contribution >= 4 is 24.8 Å². The minimum absolute atomic E-state index is 0. The molecule has 0 aromatic carbocycles. The van der Waals surface area contributed by atoms with E-state index in [4.69, 9.17) is 9.15 Å². The highest BCUT2D eigenvalue weighted by Gasteiger charge is 2.11. The molecule has 1 saturated heterocycles. The Labute approximate surface area is 125 Å². The minimum atomic E-state index is -0.123. The van der Waals surface area contributed by atoms with Gasteiger partial charge in [0.15, 0.2) is 0 Å². The zero-order valence-electron chi connectivity index (χ0n) is 10.9. The summed E-state index contributed by atoms with van der Waals surface area (Å²) in [6, 6.07) is 1.51. The molecular weight excluding hydrogens is 291 g/mol. The van der Waals surface area contributed by atoms with Gasteiger partial charge in [-0.2, -0.15) is 0 Å². The Bertz CT molecular complexity index is 418. The van der Waals surface area contributed by atoms with Crippen molar-refractivity contribution in [1.29, 1.82) is 0 Å². The monoisotopic (exact) mass is 310 g/mol. The Kier molecular flexibility index (Phi) is 8.84. The zero-order chi connectivity index (χ0) is 12.1. The highest BCUT2D eigenvalue weighted by atomic mass is 35.5. The van der Waals surface area contributed by atoms with Crippen molar-refractivity contribution in [3.05, 3.63) is 28.3 Å². The summed E-state index contributed by atoms with van der Waals surface area (Å²) in [5, 5.41) is 3.34. The summed E-state index contributed by atoms with van der Waals surface area (Å²) in [5.41, 5.74) is -0.123. The SMILES string of the molecule is COc1coc(CN2CCCNCC2)cc1=O.Cl.Cl. The van der Waals surface area contributed by atoms with E-state index in [1.165, 1.54) is 19.4 Å². The van der Waals surface area contributed by atoms with Gasteiger partial charge in [-0.05, 0) is 19.5 Å². The van der Waals surface area contributed by atoms with E-state index < -0.39 is 0 Å². The standard InChI is InChI=1S/C12H18N2O3.2ClH/c1-16-12-9-17-10(7-11(12)15)8-14-5-2-3-13-4-6-14;;/h7,9,13H,2-6,8H2,1H3;2*1H. The molecule has 1 aromatic heterocycles. The Morgan fingerprint density at radius 2 is 2.16 bits per heavy atom. The van der Waals surface area contributed by atoms with Crippen molar-refractivity contribution in [3.63, 3.8) is 0 Å². The maximum atomic E-state index is 11.6. The molecule has 0 unspecified atom stereocenters. The van der Waals surface area contributed by atoms with Crippen LogP contribution in [-0.4, -0.2) is 38.2 Å². The van der Waals surface area contributed by atoms with E-state index >= 15 is 0 Å². The van der Waals surface area contributed by atoms with Crippen LogP contribution in [0.5, 0.6) is 5.75 Å². The number of halogens is 2. The lowest BCUT2D eigenvalue weighted by atomic mass is 10.3. The van der Waals surface area contributed by atoms with Crippen molar-refractivity contribution in [3.8, 4) is 5.75 Å². The maximum absolute atomic E-state index is 11.6. The van der Waals surface area contributed by atoms with Gasteiger partial charge in [0.2, 0.25) is 11.2 Å². The first-order valence-corrected chi connectivity index (χ1v) is 5.88. The molecule has 5 nitrogen and oxygen atoms in total. The largest absolute Gasteiger partial charge is 0.490 e. The molecule has 0 saturated carbocycles. The van der Waals surface area contributed by atoms with Gasteiger partial charge >= 0.3 is 0 Å². The van der Waals surface area contributed by atoms with E-state index in [0.29, 0.717) is 12.3 Å². The number of nitrogens with one attached hydrogen (secondary N) is 1. The van der Waals surface area contributed by atoms with Crippen molar-refractivity contribution in [2.24, 2.45) is 0 Å². The average molecular weight is 311 g/mol. The van der Waals surface area contributed by atoms with Crippen molar-refractivity contribution in [1.82, 2.24) is 10.2 Å². The Balaban J connectivity index is 0.00000162. The molecule has 0 atom stereocenters. The average Bonchev–Trinajstić information content (AvgIpc) is 2.58. The second kappa shape index (κ2) is 9.20. The molecule has 19 heavy (non-hydrogen) atoms. The molecule has 1 N–H and O–H groups in total. The smallest absolute Gasteiger partial charge is 0.227 e. The molecule has 0 spiro atoms. The molecule has 110 valence electrons. The van der Waals surface area contributed by atoms with Crippen LogP contribution in [0.2, 0.25) is 0 Å². The van der Waals surface area contributed by atoms with Crippen LogP contribution in [0, 0.1) is 0 Å². The van der Waals surface area contributed by atoms with Crippen LogP contribution in [0.4, 0.5) is 0 Å². The number of hydrogen-bond acceptors (Lipinski definition) is 5. The molecule has 2 rings (SSSR count). The number of hydrogen-bond donors (Lipinski definition) is 1. The molecular formula is C12H20Cl2N2O3. The number of ether oxygens (including phenoxy) is 1. The second-order valence-corrected chi connectivity index (χ2v) is 4.16. The van der Waals surface area contributed by atoms with Crippen LogP contribution in [0.25, 0.3) is 0 Å². The van der Waals surface area contributed by atoms with Gasteiger partial charge in [-0.15, -0.1) is 24.8 Å². The third-order valence-electron chi connectivity index (χ3n) is 2.88. The van der Waals surface area contributed by atoms with E-state index in [2.05, 4.69) is 10.2 Å². The second-order valence-electron chi connectivity index (χ2n) is 4.16. The highest BCUT2D eigenvalue weighted by molar-refractivity contribution is 5.85. The van der Waals surface area contributed by atoms with Gasteiger partial charge in [0.1, 0.15) is 12.0 Å². The molecule has 1 aromatic rings. The van der Waals surface area contributed by atoms with E-state index in [0.717, 1.165) is 32.6 Å². The Morgan fingerprint density at radius 3 is 2.84 bits per heavy atom. The van der Waals surface area contributed by atoms with Crippen LogP contribution in [-0.2, 0) is 6.54 Å². The first kappa shape index (κ1) is 18.2. The van der Waals surface area contributed by atoms with Gasteiger partial charge in [-0.25, -0.2) is 0 Å². The predicted molar refractivity (Wildman–Crippen MR) is 78.8 cm³/mol. The molecule has 1 aliphatic rings. The number of rotatable bonds is 3. The Hall–Kier alpha value is -0.750. The van der Waals surface area contributed by atoms with Crippen LogP contribution in [0.1, 0.15) is 12.2 Å². The predicted octanol–water partition coefficient (Wildman–Crippen LogP) is 1.29. The van der Waals surface area contributed by atoms with Crippen molar-refractivity contribution in [2.45, 2.75) is 13.0 Å². The van der Waals surface area contributed by atoms with Gasteiger partial charge in [0.25, 0.3) is 0 Å². The topological polar surface area (TPSA) is 54.7 Å². The molecule has 1 aliphatic heterocycles. The lowest BCUT2D eigenvalue weighted by Gasteiger charge is -2.18. The normalized spacial score (nSPS) is 15.8. The molecule has 2 heterocycles. The summed E-state index contributed by atoms with van der Waals surface area (Å²) in [6.45, 7) is 4.74. The lowest BCUT2D eigenvalue weighted by molar-refractivity contribution is 0.254. The minimum Gasteiger partial charge on any atom is -0.490 e. The van der Waals surface area contributed by atoms with E-state index in [9.17, 15) is 4.79 Å². The number of methoxy groups -OCH3 is 1. The summed E-state index contributed by atoms with van der Waals surface area (Å²) in [4.78, 5) is 13.8. The fourth-order valence-corrected chi connectivity index (χ4v) is 1.95. The van der Waals surface area contributed by atoms with Crippen LogP contribution >= 0.6 is 24.8 Å². The van der Waals surface area contributed by atoms with Crippen LogP contribution < -0.4 is 15.5 Å². The fourth-order valence-electron chi connectivity index (χ4n) is 1.95. The summed E-state index contributed by atoms with van der Waals surface area (Å²) >= 11 is 0. The fraction of sp³-hybridized carbons (Fsp3) is 0.583. The van der Waals surface area contributed by atoms with E-state index in [1.807, 2.05) is 0 Å². The first-order valence-electron chi connectivity index (χ1n) is 5.88.